The van der Waals surface area contributed by atoms with Crippen molar-refractivity contribution in [3.05, 3.63) is 45.5 Å². The fourth-order valence-electron chi connectivity index (χ4n) is 1.85. The summed E-state index contributed by atoms with van der Waals surface area (Å²) in [5.41, 5.74) is 2.18. The van der Waals surface area contributed by atoms with E-state index in [4.69, 9.17) is 23.2 Å². The molecule has 0 saturated heterocycles. The molecule has 6 heteroatoms. The first-order chi connectivity index (χ1) is 8.50. The number of aryl methyl sites for hydroxylation is 2. The highest BCUT2D eigenvalue weighted by Crippen LogP contribution is 2.28. The van der Waals surface area contributed by atoms with Crippen LogP contribution in [0.25, 0.3) is 0 Å². The fourth-order valence-corrected chi connectivity index (χ4v) is 2.33. The van der Waals surface area contributed by atoms with Gasteiger partial charge in [0.25, 0.3) is 0 Å². The van der Waals surface area contributed by atoms with Gasteiger partial charge in [0, 0.05) is 31.4 Å². The van der Waals surface area contributed by atoms with E-state index in [1.807, 2.05) is 6.92 Å². The summed E-state index contributed by atoms with van der Waals surface area (Å²) < 4.78 is 1.68. The second-order valence-corrected chi connectivity index (χ2v) is 4.87. The van der Waals surface area contributed by atoms with Crippen LogP contribution in [0.5, 0.6) is 0 Å². The second-order valence-electron chi connectivity index (χ2n) is 4.09. The topological polar surface area (TPSA) is 50.9 Å². The Morgan fingerprint density at radius 2 is 2.17 bits per heavy atom. The largest absolute Gasteiger partial charge is 0.388 e. The van der Waals surface area contributed by atoms with Crippen molar-refractivity contribution in [2.24, 2.45) is 7.05 Å². The van der Waals surface area contributed by atoms with Crippen molar-refractivity contribution in [3.63, 3.8) is 0 Å². The highest BCUT2D eigenvalue weighted by atomic mass is 35.5. The molecule has 0 bridgehead atoms. The summed E-state index contributed by atoms with van der Waals surface area (Å²) in [5, 5.41) is 15.4. The highest BCUT2D eigenvalue weighted by Gasteiger charge is 2.18. The Morgan fingerprint density at radius 3 is 2.72 bits per heavy atom. The van der Waals surface area contributed by atoms with E-state index in [1.165, 1.54) is 6.20 Å². The van der Waals surface area contributed by atoms with Crippen LogP contribution in [0, 0.1) is 6.92 Å². The van der Waals surface area contributed by atoms with E-state index in [-0.39, 0.29) is 0 Å². The zero-order valence-corrected chi connectivity index (χ0v) is 11.6. The Balaban J connectivity index is 2.27. The molecule has 18 heavy (non-hydrogen) atoms. The summed E-state index contributed by atoms with van der Waals surface area (Å²) in [7, 11) is 1.80. The predicted octanol–water partition coefficient (Wildman–Crippen LogP) is 2.71. The van der Waals surface area contributed by atoms with Crippen LogP contribution in [0.2, 0.25) is 10.0 Å². The number of aromatic nitrogens is 3. The molecule has 0 spiro atoms. The van der Waals surface area contributed by atoms with Crippen LogP contribution >= 0.6 is 23.2 Å². The molecule has 4 nitrogen and oxygen atoms in total. The normalized spacial score (nSPS) is 12.7. The monoisotopic (exact) mass is 285 g/mol. The molecule has 2 aromatic heterocycles. The summed E-state index contributed by atoms with van der Waals surface area (Å²) in [6.07, 6.45) is 2.74. The molecule has 2 aromatic rings. The summed E-state index contributed by atoms with van der Waals surface area (Å²) in [6.45, 7) is 1.83. The van der Waals surface area contributed by atoms with Crippen LogP contribution in [0.4, 0.5) is 0 Å². The van der Waals surface area contributed by atoms with Gasteiger partial charge in [-0.05, 0) is 13.0 Å². The van der Waals surface area contributed by atoms with Crippen molar-refractivity contribution in [1.29, 1.82) is 0 Å². The molecular formula is C12H13Cl2N3O. The summed E-state index contributed by atoms with van der Waals surface area (Å²) in [6, 6.07) is 1.70. The van der Waals surface area contributed by atoms with Crippen molar-refractivity contribution < 1.29 is 5.11 Å². The van der Waals surface area contributed by atoms with E-state index in [2.05, 4.69) is 10.1 Å². The van der Waals surface area contributed by atoms with E-state index < -0.39 is 6.10 Å². The van der Waals surface area contributed by atoms with Gasteiger partial charge in [0.15, 0.2) is 0 Å². The number of aliphatic hydroxyl groups excluding tert-OH is 1. The third-order valence-corrected chi connectivity index (χ3v) is 3.62. The molecule has 2 rings (SSSR count). The lowest BCUT2D eigenvalue weighted by Gasteiger charge is -2.12. The highest BCUT2D eigenvalue weighted by molar-refractivity contribution is 6.32. The van der Waals surface area contributed by atoms with Crippen molar-refractivity contribution in [3.8, 4) is 0 Å². The molecule has 2 heterocycles. The first-order valence-corrected chi connectivity index (χ1v) is 6.21. The van der Waals surface area contributed by atoms with E-state index in [9.17, 15) is 5.11 Å². The molecule has 1 unspecified atom stereocenters. The zero-order chi connectivity index (χ0) is 13.3. The SMILES string of the molecule is Cc1nn(C)c(CC(O)c2ccncc2Cl)c1Cl. The van der Waals surface area contributed by atoms with Gasteiger partial charge in [0.1, 0.15) is 0 Å². The van der Waals surface area contributed by atoms with Gasteiger partial charge in [-0.25, -0.2) is 0 Å². The smallest absolute Gasteiger partial charge is 0.0861 e. The molecular weight excluding hydrogens is 273 g/mol. The maximum atomic E-state index is 10.2. The molecule has 0 radical (unpaired) electrons. The van der Waals surface area contributed by atoms with Crippen molar-refractivity contribution in [2.45, 2.75) is 19.4 Å². The Morgan fingerprint density at radius 1 is 1.44 bits per heavy atom. The average molecular weight is 286 g/mol. The number of hydrogen-bond donors (Lipinski definition) is 1. The Kier molecular flexibility index (Phi) is 3.90. The molecule has 0 aromatic carbocycles. The quantitative estimate of drug-likeness (QED) is 0.943. The van der Waals surface area contributed by atoms with Gasteiger partial charge < -0.3 is 5.11 Å². The summed E-state index contributed by atoms with van der Waals surface area (Å²) >= 11 is 12.1. The standard InChI is InChI=1S/C12H13Cl2N3O/c1-7-12(14)10(17(2)16-7)5-11(18)8-3-4-15-6-9(8)13/h3-4,6,11,18H,5H2,1-2H3. The van der Waals surface area contributed by atoms with Crippen LogP contribution < -0.4 is 0 Å². The lowest BCUT2D eigenvalue weighted by molar-refractivity contribution is 0.176. The molecule has 1 atom stereocenters. The molecule has 0 saturated carbocycles. The lowest BCUT2D eigenvalue weighted by atomic mass is 10.1. The minimum Gasteiger partial charge on any atom is -0.388 e. The third kappa shape index (κ3) is 2.51. The molecule has 0 aliphatic rings. The first kappa shape index (κ1) is 13.3. The summed E-state index contributed by atoms with van der Waals surface area (Å²) in [5.74, 6) is 0. The molecule has 1 N–H and O–H groups in total. The zero-order valence-electron chi connectivity index (χ0n) is 10.1. The third-order valence-electron chi connectivity index (χ3n) is 2.81. The van der Waals surface area contributed by atoms with Crippen molar-refractivity contribution >= 4 is 23.2 Å². The predicted molar refractivity (Wildman–Crippen MR) is 70.9 cm³/mol. The molecule has 0 aliphatic heterocycles. The van der Waals surface area contributed by atoms with Crippen LogP contribution in [0.15, 0.2) is 18.5 Å². The van der Waals surface area contributed by atoms with Gasteiger partial charge in [0.05, 0.1) is 27.5 Å². The Labute approximate surface area is 115 Å². The molecule has 96 valence electrons. The minimum absolute atomic E-state index is 0.361. The van der Waals surface area contributed by atoms with E-state index >= 15 is 0 Å². The molecule has 0 fully saturated rings. The van der Waals surface area contributed by atoms with Crippen LogP contribution in [0.1, 0.15) is 23.1 Å². The lowest BCUT2D eigenvalue weighted by Crippen LogP contribution is -2.07. The minimum atomic E-state index is -0.729. The van der Waals surface area contributed by atoms with Gasteiger partial charge in [0.2, 0.25) is 0 Å². The fraction of sp³-hybridized carbons (Fsp3) is 0.333. The number of halogens is 2. The van der Waals surface area contributed by atoms with Crippen molar-refractivity contribution in [1.82, 2.24) is 14.8 Å². The van der Waals surface area contributed by atoms with Gasteiger partial charge in [-0.1, -0.05) is 23.2 Å². The van der Waals surface area contributed by atoms with Gasteiger partial charge >= 0.3 is 0 Å². The average Bonchev–Trinajstić information content (AvgIpc) is 2.56. The summed E-state index contributed by atoms with van der Waals surface area (Å²) in [4.78, 5) is 3.89. The maximum absolute atomic E-state index is 10.2. The van der Waals surface area contributed by atoms with E-state index in [1.54, 1.807) is 24.0 Å². The number of aliphatic hydroxyl groups is 1. The van der Waals surface area contributed by atoms with Crippen LogP contribution in [-0.2, 0) is 13.5 Å². The van der Waals surface area contributed by atoms with Gasteiger partial charge in [-0.15, -0.1) is 0 Å². The molecule has 0 amide bonds. The first-order valence-electron chi connectivity index (χ1n) is 5.46. The van der Waals surface area contributed by atoms with E-state index in [0.717, 1.165) is 11.4 Å². The Bertz CT molecular complexity index is 568. The number of rotatable bonds is 3. The van der Waals surface area contributed by atoms with Crippen LogP contribution in [0.3, 0.4) is 0 Å². The van der Waals surface area contributed by atoms with E-state index in [0.29, 0.717) is 22.0 Å². The van der Waals surface area contributed by atoms with Gasteiger partial charge in [-0.2, -0.15) is 5.10 Å². The number of nitrogens with zero attached hydrogens (tertiary/aromatic N) is 3. The van der Waals surface area contributed by atoms with Crippen LogP contribution in [-0.4, -0.2) is 19.9 Å². The molecule has 0 aliphatic carbocycles. The number of hydrogen-bond acceptors (Lipinski definition) is 3. The second kappa shape index (κ2) is 5.26. The number of pyridine rings is 1. The Hall–Kier alpha value is -1.10. The van der Waals surface area contributed by atoms with Crippen molar-refractivity contribution in [2.75, 3.05) is 0 Å². The van der Waals surface area contributed by atoms with Gasteiger partial charge in [-0.3, -0.25) is 9.67 Å². The maximum Gasteiger partial charge on any atom is 0.0861 e.